The molecule has 31 heavy (non-hydrogen) atoms. The molecule has 2 heterocycles. The molecule has 2 aromatic carbocycles. The fourth-order valence-electron chi connectivity index (χ4n) is 3.18. The van der Waals surface area contributed by atoms with E-state index in [1.165, 1.54) is 16.0 Å². The van der Waals surface area contributed by atoms with Crippen molar-refractivity contribution >= 4 is 22.9 Å². The summed E-state index contributed by atoms with van der Waals surface area (Å²) in [4.78, 5) is 1.52. The highest BCUT2D eigenvalue weighted by atomic mass is 35.5. The zero-order valence-electron chi connectivity index (χ0n) is 16.6. The van der Waals surface area contributed by atoms with Crippen LogP contribution in [0, 0.1) is 0 Å². The summed E-state index contributed by atoms with van der Waals surface area (Å²) in [7, 11) is 0. The van der Waals surface area contributed by atoms with Crippen molar-refractivity contribution in [1.29, 1.82) is 0 Å². The number of hydrogen-bond acceptors (Lipinski definition) is 3. The maximum absolute atomic E-state index is 13.4. The Balaban J connectivity index is 1.78. The van der Waals surface area contributed by atoms with Crippen molar-refractivity contribution in [3.05, 3.63) is 83.0 Å². The van der Waals surface area contributed by atoms with Gasteiger partial charge in [-0.25, -0.2) is 4.68 Å². The fraction of sp³-hybridized carbons (Fsp3) is 0.174. The first kappa shape index (κ1) is 21.6. The Bertz CT molecular complexity index is 1220. The van der Waals surface area contributed by atoms with Crippen LogP contribution in [-0.4, -0.2) is 14.9 Å². The molecule has 0 aliphatic carbocycles. The largest absolute Gasteiger partial charge is 0.435 e. The molecule has 1 N–H and O–H groups in total. The molecule has 0 amide bonds. The number of thiophene rings is 1. The van der Waals surface area contributed by atoms with Gasteiger partial charge in [-0.05, 0) is 55.3 Å². The molecular formula is C23H18ClF3N2OS. The second-order valence-electron chi connectivity index (χ2n) is 7.58. The third-order valence-electron chi connectivity index (χ3n) is 4.81. The maximum atomic E-state index is 13.4. The van der Waals surface area contributed by atoms with Crippen LogP contribution in [0.1, 0.15) is 25.1 Å². The molecule has 0 bridgehead atoms. The molecule has 3 nitrogen and oxygen atoms in total. The molecule has 0 unspecified atom stereocenters. The van der Waals surface area contributed by atoms with E-state index in [0.29, 0.717) is 21.3 Å². The summed E-state index contributed by atoms with van der Waals surface area (Å²) in [6, 6.07) is 18.8. The summed E-state index contributed by atoms with van der Waals surface area (Å²) in [5, 5.41) is 14.2. The Morgan fingerprint density at radius 2 is 1.58 bits per heavy atom. The van der Waals surface area contributed by atoms with E-state index in [9.17, 15) is 18.3 Å². The number of rotatable bonds is 4. The smallest absolute Gasteiger partial charge is 0.386 e. The van der Waals surface area contributed by atoms with Crippen LogP contribution in [0.3, 0.4) is 0 Å². The van der Waals surface area contributed by atoms with Crippen LogP contribution in [-0.2, 0) is 11.8 Å². The molecule has 0 saturated carbocycles. The highest BCUT2D eigenvalue weighted by molar-refractivity contribution is 7.18. The molecular weight excluding hydrogens is 445 g/mol. The lowest BCUT2D eigenvalue weighted by atomic mass is 9.97. The lowest BCUT2D eigenvalue weighted by molar-refractivity contribution is -0.141. The van der Waals surface area contributed by atoms with E-state index >= 15 is 0 Å². The van der Waals surface area contributed by atoms with Crippen LogP contribution in [0.5, 0.6) is 0 Å². The lowest BCUT2D eigenvalue weighted by Gasteiger charge is -2.17. The molecule has 4 rings (SSSR count). The normalized spacial score (nSPS) is 12.4. The van der Waals surface area contributed by atoms with Crippen LogP contribution < -0.4 is 0 Å². The van der Waals surface area contributed by atoms with E-state index in [0.717, 1.165) is 22.1 Å². The van der Waals surface area contributed by atoms with E-state index in [4.69, 9.17) is 11.6 Å². The summed E-state index contributed by atoms with van der Waals surface area (Å²) < 4.78 is 41.4. The molecule has 4 aromatic rings. The number of halogens is 4. The van der Waals surface area contributed by atoms with Gasteiger partial charge in [0.15, 0.2) is 5.69 Å². The molecule has 160 valence electrons. The predicted octanol–water partition coefficient (Wildman–Crippen LogP) is 7.17. The van der Waals surface area contributed by atoms with Crippen LogP contribution in [0.2, 0.25) is 5.02 Å². The molecule has 0 spiro atoms. The summed E-state index contributed by atoms with van der Waals surface area (Å²) in [6.45, 7) is 3.42. The Kier molecular flexibility index (Phi) is 5.45. The predicted molar refractivity (Wildman–Crippen MR) is 118 cm³/mol. The molecule has 0 aliphatic rings. The minimum atomic E-state index is -4.58. The average Bonchev–Trinajstić information content (AvgIpc) is 3.35. The van der Waals surface area contributed by atoms with E-state index < -0.39 is 17.5 Å². The van der Waals surface area contributed by atoms with Gasteiger partial charge >= 0.3 is 6.18 Å². The standard InChI is InChI=1S/C23H18ClF3N2OS/c1-22(2,30)15-9-7-14(8-10-15)19-11-12-20(31-19)18-13-21(23(25,26)27)28-29(18)17-6-4-3-5-16(17)24/h3-13,30H,1-2H3. The number of benzene rings is 2. The zero-order valence-corrected chi connectivity index (χ0v) is 18.2. The van der Waals surface area contributed by atoms with Crippen molar-refractivity contribution in [2.75, 3.05) is 0 Å². The minimum absolute atomic E-state index is 0.305. The Labute approximate surface area is 186 Å². The van der Waals surface area contributed by atoms with Gasteiger partial charge in [0.25, 0.3) is 0 Å². The Hall–Kier alpha value is -2.61. The average molecular weight is 463 g/mol. The van der Waals surface area contributed by atoms with Gasteiger partial charge in [-0.15, -0.1) is 11.3 Å². The van der Waals surface area contributed by atoms with E-state index in [-0.39, 0.29) is 0 Å². The second-order valence-corrected chi connectivity index (χ2v) is 9.07. The summed E-state index contributed by atoms with van der Waals surface area (Å²) in [5.74, 6) is 0. The van der Waals surface area contributed by atoms with E-state index in [2.05, 4.69) is 5.10 Å². The number of alkyl halides is 3. The monoisotopic (exact) mass is 462 g/mol. The molecule has 0 saturated heterocycles. The van der Waals surface area contributed by atoms with Gasteiger partial charge in [-0.2, -0.15) is 18.3 Å². The van der Waals surface area contributed by atoms with Gasteiger partial charge < -0.3 is 5.11 Å². The minimum Gasteiger partial charge on any atom is -0.386 e. The van der Waals surface area contributed by atoms with E-state index in [1.807, 2.05) is 30.3 Å². The van der Waals surface area contributed by atoms with Gasteiger partial charge in [-0.3, -0.25) is 0 Å². The quantitative estimate of drug-likeness (QED) is 0.349. The van der Waals surface area contributed by atoms with E-state index in [1.54, 1.807) is 44.2 Å². The number of para-hydroxylation sites is 1. The highest BCUT2D eigenvalue weighted by Crippen LogP contribution is 2.39. The van der Waals surface area contributed by atoms with Crippen LogP contribution in [0.25, 0.3) is 26.7 Å². The van der Waals surface area contributed by atoms with Gasteiger partial charge in [0.05, 0.1) is 26.9 Å². The van der Waals surface area contributed by atoms with Crippen molar-refractivity contribution in [2.45, 2.75) is 25.6 Å². The first-order chi connectivity index (χ1) is 14.5. The van der Waals surface area contributed by atoms with Crippen molar-refractivity contribution in [3.8, 4) is 26.7 Å². The highest BCUT2D eigenvalue weighted by Gasteiger charge is 2.35. The zero-order chi connectivity index (χ0) is 22.4. The first-order valence-electron chi connectivity index (χ1n) is 9.40. The third-order valence-corrected chi connectivity index (χ3v) is 6.29. The fourth-order valence-corrected chi connectivity index (χ4v) is 4.40. The Morgan fingerprint density at radius 1 is 0.935 bits per heavy atom. The topological polar surface area (TPSA) is 38.1 Å². The Morgan fingerprint density at radius 3 is 2.19 bits per heavy atom. The van der Waals surface area contributed by atoms with Crippen molar-refractivity contribution in [2.24, 2.45) is 0 Å². The molecule has 0 aliphatic heterocycles. The maximum Gasteiger partial charge on any atom is 0.435 e. The first-order valence-corrected chi connectivity index (χ1v) is 10.6. The van der Waals surface area contributed by atoms with Gasteiger partial charge in [0.1, 0.15) is 0 Å². The summed E-state index contributed by atoms with van der Waals surface area (Å²) in [6.07, 6.45) is -4.58. The molecule has 2 aromatic heterocycles. The number of aliphatic hydroxyl groups is 1. The van der Waals surface area contributed by atoms with Gasteiger partial charge in [0, 0.05) is 4.88 Å². The molecule has 0 atom stereocenters. The number of nitrogens with zero attached hydrogens (tertiary/aromatic N) is 2. The van der Waals surface area contributed by atoms with Crippen LogP contribution in [0.4, 0.5) is 13.2 Å². The molecule has 0 radical (unpaired) electrons. The van der Waals surface area contributed by atoms with Crippen LogP contribution >= 0.6 is 22.9 Å². The van der Waals surface area contributed by atoms with Gasteiger partial charge in [-0.1, -0.05) is 48.0 Å². The lowest BCUT2D eigenvalue weighted by Crippen LogP contribution is -2.14. The van der Waals surface area contributed by atoms with Crippen LogP contribution in [0.15, 0.2) is 66.7 Å². The number of hydrogen-bond donors (Lipinski definition) is 1. The summed E-state index contributed by atoms with van der Waals surface area (Å²) >= 11 is 7.59. The van der Waals surface area contributed by atoms with Crippen molar-refractivity contribution < 1.29 is 18.3 Å². The SMILES string of the molecule is CC(C)(O)c1ccc(-c2ccc(-c3cc(C(F)(F)F)nn3-c3ccccc3Cl)s2)cc1. The third kappa shape index (κ3) is 4.39. The molecule has 8 heteroatoms. The van der Waals surface area contributed by atoms with Crippen molar-refractivity contribution in [1.82, 2.24) is 9.78 Å². The second kappa shape index (κ2) is 7.82. The van der Waals surface area contributed by atoms with Crippen molar-refractivity contribution in [3.63, 3.8) is 0 Å². The summed E-state index contributed by atoms with van der Waals surface area (Å²) in [5.41, 5.74) is 0.439. The number of aromatic nitrogens is 2. The van der Waals surface area contributed by atoms with Gasteiger partial charge in [0.2, 0.25) is 0 Å². The molecule has 0 fully saturated rings.